The Morgan fingerprint density at radius 1 is 0.972 bits per heavy atom. The van der Waals surface area contributed by atoms with Gasteiger partial charge < -0.3 is 24.7 Å². The quantitative estimate of drug-likeness (QED) is 0.312. The van der Waals surface area contributed by atoms with Crippen LogP contribution in [-0.4, -0.2) is 46.6 Å². The van der Waals surface area contributed by atoms with E-state index in [4.69, 9.17) is 9.47 Å². The second kappa shape index (κ2) is 11.6. The summed E-state index contributed by atoms with van der Waals surface area (Å²) >= 11 is 1.30. The van der Waals surface area contributed by atoms with Crippen molar-refractivity contribution in [3.05, 3.63) is 72.1 Å². The fourth-order valence-electron chi connectivity index (χ4n) is 3.76. The molecule has 0 spiro atoms. The fraction of sp³-hybridized carbons (Fsp3) is 0.231. The molecule has 3 aromatic carbocycles. The molecule has 1 aromatic heterocycles. The van der Waals surface area contributed by atoms with E-state index in [1.165, 1.54) is 26.0 Å². The number of benzene rings is 3. The van der Waals surface area contributed by atoms with Gasteiger partial charge in [0.05, 0.1) is 26.5 Å². The number of aromatic nitrogens is 3. The number of anilines is 1. The van der Waals surface area contributed by atoms with Crippen LogP contribution in [-0.2, 0) is 17.9 Å². The zero-order valence-electron chi connectivity index (χ0n) is 20.3. The van der Waals surface area contributed by atoms with Crippen LogP contribution in [0.25, 0.3) is 10.8 Å². The summed E-state index contributed by atoms with van der Waals surface area (Å²) in [6.07, 6.45) is 0. The summed E-state index contributed by atoms with van der Waals surface area (Å²) < 4.78 is 12.4. The smallest absolute Gasteiger partial charge is 0.251 e. The number of ether oxygens (including phenoxy) is 2. The highest BCUT2D eigenvalue weighted by Gasteiger charge is 2.16. The molecule has 4 rings (SSSR count). The van der Waals surface area contributed by atoms with Crippen molar-refractivity contribution in [2.24, 2.45) is 0 Å². The lowest BCUT2D eigenvalue weighted by Gasteiger charge is -2.11. The number of nitrogens with zero attached hydrogens (tertiary/aromatic N) is 3. The molecule has 0 aliphatic rings. The first-order chi connectivity index (χ1) is 17.5. The SMILES string of the molecule is CCn1c(CNC(=O)c2ccc(OC)c(OC)c2)nnc1SCC(=O)Nc1cccc2ccccc12. The van der Waals surface area contributed by atoms with Crippen LogP contribution in [0.5, 0.6) is 11.5 Å². The predicted octanol–water partition coefficient (Wildman–Crippen LogP) is 4.13. The van der Waals surface area contributed by atoms with Crippen LogP contribution in [0.15, 0.2) is 65.8 Å². The van der Waals surface area contributed by atoms with Crippen molar-refractivity contribution in [1.29, 1.82) is 0 Å². The fourth-order valence-corrected chi connectivity index (χ4v) is 4.59. The second-order valence-corrected chi connectivity index (χ2v) is 8.70. The number of nitrogens with one attached hydrogen (secondary N) is 2. The molecule has 0 atom stereocenters. The number of amides is 2. The molecular weight excluding hydrogens is 478 g/mol. The van der Waals surface area contributed by atoms with Gasteiger partial charge in [0.25, 0.3) is 5.91 Å². The van der Waals surface area contributed by atoms with Gasteiger partial charge in [0.1, 0.15) is 0 Å². The highest BCUT2D eigenvalue weighted by molar-refractivity contribution is 7.99. The van der Waals surface area contributed by atoms with Crippen molar-refractivity contribution in [2.75, 3.05) is 25.3 Å². The Labute approximate surface area is 213 Å². The molecule has 4 aromatic rings. The minimum atomic E-state index is -0.273. The highest BCUT2D eigenvalue weighted by atomic mass is 32.2. The van der Waals surface area contributed by atoms with Gasteiger partial charge in [-0.1, -0.05) is 48.2 Å². The number of hydrogen-bond donors (Lipinski definition) is 2. The van der Waals surface area contributed by atoms with Crippen molar-refractivity contribution < 1.29 is 19.1 Å². The molecular formula is C26H27N5O4S. The van der Waals surface area contributed by atoms with Crippen molar-refractivity contribution >= 4 is 40.0 Å². The van der Waals surface area contributed by atoms with Crippen molar-refractivity contribution in [3.8, 4) is 11.5 Å². The molecule has 2 amide bonds. The van der Waals surface area contributed by atoms with E-state index in [-0.39, 0.29) is 24.1 Å². The average molecular weight is 506 g/mol. The third kappa shape index (κ3) is 5.60. The molecule has 0 saturated heterocycles. The van der Waals surface area contributed by atoms with Gasteiger partial charge in [0.2, 0.25) is 5.91 Å². The molecule has 0 aliphatic heterocycles. The summed E-state index contributed by atoms with van der Waals surface area (Å²) in [5.74, 6) is 1.39. The van der Waals surface area contributed by atoms with E-state index in [9.17, 15) is 9.59 Å². The van der Waals surface area contributed by atoms with Crippen LogP contribution >= 0.6 is 11.8 Å². The molecule has 9 nitrogen and oxygen atoms in total. The van der Waals surface area contributed by atoms with Crippen molar-refractivity contribution in [3.63, 3.8) is 0 Å². The van der Waals surface area contributed by atoms with Gasteiger partial charge in [-0.15, -0.1) is 10.2 Å². The number of methoxy groups -OCH3 is 2. The zero-order valence-corrected chi connectivity index (χ0v) is 21.1. The lowest BCUT2D eigenvalue weighted by molar-refractivity contribution is -0.113. The molecule has 0 aliphatic carbocycles. The van der Waals surface area contributed by atoms with E-state index in [0.717, 1.165) is 16.5 Å². The summed E-state index contributed by atoms with van der Waals surface area (Å²) in [6.45, 7) is 2.75. The minimum Gasteiger partial charge on any atom is -0.493 e. The van der Waals surface area contributed by atoms with Crippen LogP contribution in [0.1, 0.15) is 23.1 Å². The van der Waals surface area contributed by atoms with Crippen molar-refractivity contribution in [2.45, 2.75) is 25.2 Å². The standard InChI is InChI=1S/C26H27N5O4S/c1-4-31-23(15-27-25(33)18-12-13-21(34-2)22(14-18)35-3)29-30-26(31)36-16-24(32)28-20-11-7-9-17-8-5-6-10-19(17)20/h5-14H,4,15-16H2,1-3H3,(H,27,33)(H,28,32). The number of thioether (sulfide) groups is 1. The number of rotatable bonds is 10. The molecule has 0 unspecified atom stereocenters. The van der Waals surface area contributed by atoms with E-state index >= 15 is 0 Å². The van der Waals surface area contributed by atoms with Crippen LogP contribution < -0.4 is 20.1 Å². The van der Waals surface area contributed by atoms with Crippen molar-refractivity contribution in [1.82, 2.24) is 20.1 Å². The van der Waals surface area contributed by atoms with E-state index < -0.39 is 0 Å². The largest absolute Gasteiger partial charge is 0.493 e. The first-order valence-corrected chi connectivity index (χ1v) is 12.3. The first kappa shape index (κ1) is 25.1. The molecule has 10 heteroatoms. The summed E-state index contributed by atoms with van der Waals surface area (Å²) in [4.78, 5) is 25.3. The minimum absolute atomic E-state index is 0.134. The summed E-state index contributed by atoms with van der Waals surface area (Å²) in [6, 6.07) is 18.7. The number of hydrogen-bond acceptors (Lipinski definition) is 7. The van der Waals surface area contributed by atoms with Gasteiger partial charge in [-0.3, -0.25) is 9.59 Å². The Balaban J connectivity index is 1.37. The topological polar surface area (TPSA) is 107 Å². The van der Waals surface area contributed by atoms with Crippen LogP contribution in [0.4, 0.5) is 5.69 Å². The molecule has 36 heavy (non-hydrogen) atoms. The number of carbonyl (C=O) groups excluding carboxylic acids is 2. The maximum atomic E-state index is 12.7. The van der Waals surface area contributed by atoms with Gasteiger partial charge in [0.15, 0.2) is 22.5 Å². The van der Waals surface area contributed by atoms with Gasteiger partial charge >= 0.3 is 0 Å². The summed E-state index contributed by atoms with van der Waals surface area (Å²) in [7, 11) is 3.06. The van der Waals surface area contributed by atoms with E-state index in [1.807, 2.05) is 54.0 Å². The number of carbonyl (C=O) groups is 2. The predicted molar refractivity (Wildman–Crippen MR) is 140 cm³/mol. The van der Waals surface area contributed by atoms with Crippen LogP contribution in [0.2, 0.25) is 0 Å². The van der Waals surface area contributed by atoms with Crippen LogP contribution in [0.3, 0.4) is 0 Å². The molecule has 0 fully saturated rings. The molecule has 1 heterocycles. The maximum Gasteiger partial charge on any atom is 0.251 e. The monoisotopic (exact) mass is 505 g/mol. The molecule has 2 N–H and O–H groups in total. The van der Waals surface area contributed by atoms with Gasteiger partial charge in [-0.2, -0.15) is 0 Å². The second-order valence-electron chi connectivity index (χ2n) is 7.76. The first-order valence-electron chi connectivity index (χ1n) is 11.4. The van der Waals surface area contributed by atoms with Gasteiger partial charge in [0, 0.05) is 23.2 Å². The van der Waals surface area contributed by atoms with Gasteiger partial charge in [-0.05, 0) is 36.6 Å². The van der Waals surface area contributed by atoms with E-state index in [0.29, 0.717) is 34.6 Å². The Kier molecular flexibility index (Phi) is 8.06. The summed E-state index contributed by atoms with van der Waals surface area (Å²) in [5, 5.41) is 16.9. The lowest BCUT2D eigenvalue weighted by atomic mass is 10.1. The highest BCUT2D eigenvalue weighted by Crippen LogP contribution is 2.27. The Bertz CT molecular complexity index is 1380. The Morgan fingerprint density at radius 3 is 2.53 bits per heavy atom. The normalized spacial score (nSPS) is 10.8. The third-order valence-electron chi connectivity index (χ3n) is 5.56. The van der Waals surface area contributed by atoms with E-state index in [2.05, 4.69) is 20.8 Å². The molecule has 186 valence electrons. The lowest BCUT2D eigenvalue weighted by Crippen LogP contribution is -2.25. The molecule has 0 radical (unpaired) electrons. The average Bonchev–Trinajstić information content (AvgIpc) is 3.32. The third-order valence-corrected chi connectivity index (χ3v) is 6.53. The number of fused-ring (bicyclic) bond motifs is 1. The van der Waals surface area contributed by atoms with Crippen LogP contribution in [0, 0.1) is 0 Å². The maximum absolute atomic E-state index is 12.7. The molecule has 0 saturated carbocycles. The van der Waals surface area contributed by atoms with Gasteiger partial charge in [-0.25, -0.2) is 0 Å². The molecule has 0 bridgehead atoms. The zero-order chi connectivity index (χ0) is 25.5. The van der Waals surface area contributed by atoms with E-state index in [1.54, 1.807) is 18.2 Å². The Hall–Kier alpha value is -4.05. The Morgan fingerprint density at radius 2 is 1.75 bits per heavy atom. The summed E-state index contributed by atoms with van der Waals surface area (Å²) in [5.41, 5.74) is 1.21.